The average Bonchev–Trinajstić information content (AvgIpc) is 2.26. The summed E-state index contributed by atoms with van der Waals surface area (Å²) in [5.74, 6) is 0.779. The number of anilines is 1. The highest BCUT2D eigenvalue weighted by Crippen LogP contribution is 2.35. The molecule has 1 aliphatic rings. The lowest BCUT2D eigenvalue weighted by Crippen LogP contribution is -2.06. The molecular weight excluding hydrogens is 412 g/mol. The van der Waals surface area contributed by atoms with Crippen LogP contribution in [0.5, 0.6) is 0 Å². The molecule has 1 nitrogen and oxygen atoms in total. The Balaban J connectivity index is 2.27. The molecule has 0 atom stereocenters. The lowest BCUT2D eigenvalue weighted by Gasteiger charge is -2.22. The summed E-state index contributed by atoms with van der Waals surface area (Å²) in [6.45, 7) is 0. The maximum absolute atomic E-state index is 5.97. The van der Waals surface area contributed by atoms with Gasteiger partial charge >= 0.3 is 0 Å². The molecule has 0 aromatic heterocycles. The standard InChI is InChI=1S/C12H15I2N/c13-10-6-9(7-11(14)12(10)15)8-4-2-1-3-5-8/h6-8H,1-5,15H2. The molecule has 0 amide bonds. The summed E-state index contributed by atoms with van der Waals surface area (Å²) < 4.78 is 2.42. The van der Waals surface area contributed by atoms with Crippen LogP contribution < -0.4 is 5.73 Å². The molecule has 0 heterocycles. The summed E-state index contributed by atoms with van der Waals surface area (Å²) >= 11 is 4.68. The Morgan fingerprint density at radius 1 is 1.00 bits per heavy atom. The number of halogens is 2. The van der Waals surface area contributed by atoms with E-state index in [0.717, 1.165) is 11.6 Å². The summed E-state index contributed by atoms with van der Waals surface area (Å²) in [5.41, 5.74) is 8.40. The fourth-order valence-electron chi connectivity index (χ4n) is 2.28. The molecule has 0 spiro atoms. The van der Waals surface area contributed by atoms with Crippen LogP contribution >= 0.6 is 45.2 Å². The van der Waals surface area contributed by atoms with Crippen LogP contribution in [0.15, 0.2) is 12.1 Å². The average molecular weight is 427 g/mol. The van der Waals surface area contributed by atoms with Crippen LogP contribution in [0.1, 0.15) is 43.6 Å². The van der Waals surface area contributed by atoms with E-state index >= 15 is 0 Å². The summed E-state index contributed by atoms with van der Waals surface area (Å²) in [4.78, 5) is 0. The number of hydrogen-bond donors (Lipinski definition) is 1. The van der Waals surface area contributed by atoms with Crippen molar-refractivity contribution in [2.75, 3.05) is 5.73 Å². The molecule has 3 heteroatoms. The number of rotatable bonds is 1. The van der Waals surface area contributed by atoms with Crippen molar-refractivity contribution < 1.29 is 0 Å². The minimum Gasteiger partial charge on any atom is -0.397 e. The van der Waals surface area contributed by atoms with Gasteiger partial charge in [-0.05, 0) is 81.6 Å². The topological polar surface area (TPSA) is 26.0 Å². The van der Waals surface area contributed by atoms with E-state index in [2.05, 4.69) is 57.3 Å². The molecule has 0 unspecified atom stereocenters. The predicted octanol–water partition coefficient (Wildman–Crippen LogP) is 4.53. The van der Waals surface area contributed by atoms with Crippen molar-refractivity contribution >= 4 is 50.9 Å². The van der Waals surface area contributed by atoms with Gasteiger partial charge in [-0.1, -0.05) is 19.3 Å². The summed E-state index contributed by atoms with van der Waals surface area (Å²) in [7, 11) is 0. The first kappa shape index (κ1) is 12.0. The Morgan fingerprint density at radius 3 is 2.07 bits per heavy atom. The zero-order valence-electron chi connectivity index (χ0n) is 8.60. The van der Waals surface area contributed by atoms with Crippen molar-refractivity contribution in [1.82, 2.24) is 0 Å². The number of hydrogen-bond acceptors (Lipinski definition) is 1. The molecule has 15 heavy (non-hydrogen) atoms. The largest absolute Gasteiger partial charge is 0.397 e. The Morgan fingerprint density at radius 2 is 1.53 bits per heavy atom. The lowest BCUT2D eigenvalue weighted by molar-refractivity contribution is 0.443. The van der Waals surface area contributed by atoms with Gasteiger partial charge < -0.3 is 5.73 Å². The highest BCUT2D eigenvalue weighted by atomic mass is 127. The minimum absolute atomic E-state index is 0.779. The first-order chi connectivity index (χ1) is 7.18. The predicted molar refractivity (Wildman–Crippen MR) is 82.1 cm³/mol. The van der Waals surface area contributed by atoms with Crippen LogP contribution in [0, 0.1) is 7.14 Å². The molecule has 1 saturated carbocycles. The van der Waals surface area contributed by atoms with Crippen molar-refractivity contribution in [1.29, 1.82) is 0 Å². The van der Waals surface area contributed by atoms with E-state index in [4.69, 9.17) is 5.73 Å². The highest BCUT2D eigenvalue weighted by molar-refractivity contribution is 14.1. The normalized spacial score (nSPS) is 18.0. The number of nitrogens with two attached hydrogens (primary N) is 1. The Labute approximate surface area is 118 Å². The quantitative estimate of drug-likeness (QED) is 0.518. The summed E-state index contributed by atoms with van der Waals surface area (Å²) in [6, 6.07) is 4.54. The second kappa shape index (κ2) is 5.21. The Kier molecular flexibility index (Phi) is 4.15. The minimum atomic E-state index is 0.779. The van der Waals surface area contributed by atoms with Crippen LogP contribution in [-0.2, 0) is 0 Å². The van der Waals surface area contributed by atoms with E-state index < -0.39 is 0 Å². The number of nitrogen functional groups attached to an aromatic ring is 1. The molecule has 1 fully saturated rings. The van der Waals surface area contributed by atoms with Crippen molar-refractivity contribution in [2.45, 2.75) is 38.0 Å². The van der Waals surface area contributed by atoms with Gasteiger partial charge in [0.15, 0.2) is 0 Å². The zero-order valence-corrected chi connectivity index (χ0v) is 12.9. The van der Waals surface area contributed by atoms with Crippen molar-refractivity contribution in [3.8, 4) is 0 Å². The fourth-order valence-corrected chi connectivity index (χ4v) is 4.09. The van der Waals surface area contributed by atoms with E-state index in [1.165, 1.54) is 44.8 Å². The Bertz CT molecular complexity index is 334. The van der Waals surface area contributed by atoms with Gasteiger partial charge in [0.25, 0.3) is 0 Å². The molecule has 1 aromatic carbocycles. The van der Waals surface area contributed by atoms with Gasteiger partial charge in [0.2, 0.25) is 0 Å². The molecule has 0 saturated heterocycles. The summed E-state index contributed by atoms with van der Waals surface area (Å²) in [5, 5.41) is 0. The SMILES string of the molecule is Nc1c(I)cc(C2CCCCC2)cc1I. The van der Waals surface area contributed by atoms with Gasteiger partial charge in [-0.25, -0.2) is 0 Å². The lowest BCUT2D eigenvalue weighted by atomic mass is 9.84. The summed E-state index contributed by atoms with van der Waals surface area (Å²) in [6.07, 6.45) is 6.91. The maximum atomic E-state index is 5.97. The third-order valence-electron chi connectivity index (χ3n) is 3.18. The van der Waals surface area contributed by atoms with E-state index in [-0.39, 0.29) is 0 Å². The molecule has 82 valence electrons. The molecule has 2 N–H and O–H groups in total. The van der Waals surface area contributed by atoms with Crippen molar-refractivity contribution in [3.63, 3.8) is 0 Å². The van der Waals surface area contributed by atoms with Crippen molar-refractivity contribution in [3.05, 3.63) is 24.8 Å². The van der Waals surface area contributed by atoms with E-state index in [0.29, 0.717) is 0 Å². The molecule has 0 aliphatic heterocycles. The molecular formula is C12H15I2N. The number of benzene rings is 1. The third-order valence-corrected chi connectivity index (χ3v) is 4.96. The zero-order chi connectivity index (χ0) is 10.8. The molecule has 0 bridgehead atoms. The Hall–Kier alpha value is 0.480. The van der Waals surface area contributed by atoms with Crippen LogP contribution in [0.2, 0.25) is 0 Å². The highest BCUT2D eigenvalue weighted by Gasteiger charge is 2.17. The maximum Gasteiger partial charge on any atom is 0.0585 e. The van der Waals surface area contributed by atoms with Gasteiger partial charge in [0, 0.05) is 7.14 Å². The second-order valence-corrected chi connectivity index (χ2v) is 6.56. The fraction of sp³-hybridized carbons (Fsp3) is 0.500. The molecule has 1 aliphatic carbocycles. The van der Waals surface area contributed by atoms with Gasteiger partial charge in [0.05, 0.1) is 5.69 Å². The first-order valence-electron chi connectivity index (χ1n) is 5.43. The third kappa shape index (κ3) is 2.78. The van der Waals surface area contributed by atoms with Crippen LogP contribution in [-0.4, -0.2) is 0 Å². The first-order valence-corrected chi connectivity index (χ1v) is 7.58. The molecule has 2 rings (SSSR count). The van der Waals surface area contributed by atoms with Crippen LogP contribution in [0.25, 0.3) is 0 Å². The smallest absolute Gasteiger partial charge is 0.0585 e. The van der Waals surface area contributed by atoms with Gasteiger partial charge in [-0.3, -0.25) is 0 Å². The van der Waals surface area contributed by atoms with E-state index in [1.807, 2.05) is 0 Å². The van der Waals surface area contributed by atoms with Crippen molar-refractivity contribution in [2.24, 2.45) is 0 Å². The molecule has 0 radical (unpaired) electrons. The van der Waals surface area contributed by atoms with Crippen LogP contribution in [0.4, 0.5) is 5.69 Å². The van der Waals surface area contributed by atoms with Gasteiger partial charge in [-0.2, -0.15) is 0 Å². The van der Waals surface area contributed by atoms with Gasteiger partial charge in [0.1, 0.15) is 0 Å². The monoisotopic (exact) mass is 427 g/mol. The van der Waals surface area contributed by atoms with E-state index in [1.54, 1.807) is 0 Å². The molecule has 1 aromatic rings. The van der Waals surface area contributed by atoms with Gasteiger partial charge in [-0.15, -0.1) is 0 Å². The second-order valence-electron chi connectivity index (χ2n) is 4.23. The van der Waals surface area contributed by atoms with Crippen LogP contribution in [0.3, 0.4) is 0 Å². The van der Waals surface area contributed by atoms with E-state index in [9.17, 15) is 0 Å².